The lowest BCUT2D eigenvalue weighted by Gasteiger charge is -2.47. The van der Waals surface area contributed by atoms with Gasteiger partial charge in [0.1, 0.15) is 0 Å². The van der Waals surface area contributed by atoms with Crippen LogP contribution in [0.1, 0.15) is 167 Å². The Hall–Kier alpha value is -7.54. The van der Waals surface area contributed by atoms with Crippen molar-refractivity contribution >= 4 is 132 Å². The summed E-state index contributed by atoms with van der Waals surface area (Å²) in [6.45, 7) is 24.2. The lowest BCUT2D eigenvalue weighted by molar-refractivity contribution is 0.590. The summed E-state index contributed by atoms with van der Waals surface area (Å²) >= 11 is 0.728. The molecule has 9 aromatic carbocycles. The lowest BCUT2D eigenvalue weighted by Crippen LogP contribution is -2.62. The summed E-state index contributed by atoms with van der Waals surface area (Å²) in [5, 5.41) is -0.856. The standard InChI is InChI=1S/C74H71BN4S/c1-70(2,3)42-23-29-57-50(33-42)51-34-43(71(4,5)6)24-30-58(51)76(57)48-26-28-55-61(41-48)77(47-27-32-66-53(40-47)49-19-16-17-22-65(49)80-66)62-37-46(74(13,14)15)38-63-67(62)75(55)56-20-18-21-60-69(56)79(63)64-39-45(73(10,11)12)36-54-52-35-44(72(7,8)9)25-31-59(52)78(60)68(54)64/h16-41H,1-15H3/i16D,17D,18D,19D,20D,21D,22D,23D,24D,25D,26D,27D,28D,29D,30D,31D,32D,33D,34D,35D,36D,37D,38D,39D,40D,41D. The molecule has 12 aromatic rings. The van der Waals surface area contributed by atoms with E-state index in [1.54, 1.807) is 104 Å². The van der Waals surface area contributed by atoms with E-state index < -0.39 is 183 Å². The van der Waals surface area contributed by atoms with Gasteiger partial charge in [0.25, 0.3) is 6.71 Å². The highest BCUT2D eigenvalue weighted by Crippen LogP contribution is 2.55. The summed E-state index contributed by atoms with van der Waals surface area (Å²) in [7, 11) is 0. The Bertz CT molecular complexity index is 6180. The van der Waals surface area contributed by atoms with E-state index in [9.17, 15) is 31.5 Å². The maximum Gasteiger partial charge on any atom is 0.252 e. The molecule has 0 aliphatic carbocycles. The van der Waals surface area contributed by atoms with Crippen molar-refractivity contribution in [2.45, 2.75) is 131 Å². The van der Waals surface area contributed by atoms with Crippen molar-refractivity contribution < 1.29 is 35.6 Å². The summed E-state index contributed by atoms with van der Waals surface area (Å²) < 4.78 is 266. The van der Waals surface area contributed by atoms with Gasteiger partial charge < -0.3 is 18.9 Å². The van der Waals surface area contributed by atoms with Gasteiger partial charge in [-0.2, -0.15) is 0 Å². The lowest BCUT2D eigenvalue weighted by atomic mass is 9.33. The third kappa shape index (κ3) is 7.00. The Kier molecular flexibility index (Phi) is 5.89. The highest BCUT2D eigenvalue weighted by Gasteiger charge is 2.47. The average Bonchev–Trinajstić information content (AvgIpc) is 1.18. The zero-order chi connectivity index (χ0) is 78.3. The van der Waals surface area contributed by atoms with Crippen molar-refractivity contribution in [2.24, 2.45) is 0 Å². The van der Waals surface area contributed by atoms with Crippen LogP contribution in [-0.4, -0.2) is 15.8 Å². The fourth-order valence-electron chi connectivity index (χ4n) is 11.4. The summed E-state index contributed by atoms with van der Waals surface area (Å²) in [6, 6.07) is -15.1. The first kappa shape index (κ1) is 29.3. The summed E-state index contributed by atoms with van der Waals surface area (Å²) in [4.78, 5) is 2.53. The molecule has 0 amide bonds. The third-order valence-electron chi connectivity index (χ3n) is 15.7. The topological polar surface area (TPSA) is 16.3 Å². The second-order valence-electron chi connectivity index (χ2n) is 26.6. The molecule has 0 unspecified atom stereocenters. The van der Waals surface area contributed by atoms with Crippen LogP contribution >= 0.6 is 11.3 Å². The molecule has 0 fully saturated rings. The summed E-state index contributed by atoms with van der Waals surface area (Å²) in [5.74, 6) is 0. The van der Waals surface area contributed by atoms with Gasteiger partial charge in [-0.25, -0.2) is 0 Å². The summed E-state index contributed by atoms with van der Waals surface area (Å²) in [5.41, 5.74) is -10.5. The molecule has 0 saturated carbocycles. The van der Waals surface area contributed by atoms with Crippen molar-refractivity contribution in [3.05, 3.63) is 185 Å². The average molecular weight is 1090 g/mol. The van der Waals surface area contributed by atoms with Gasteiger partial charge in [-0.05, 0) is 174 Å². The van der Waals surface area contributed by atoms with Crippen LogP contribution in [0.4, 0.5) is 34.1 Å². The monoisotopic (exact) mass is 1080 g/mol. The molecule has 3 aliphatic rings. The van der Waals surface area contributed by atoms with Gasteiger partial charge in [-0.1, -0.05) is 158 Å². The third-order valence-corrected chi connectivity index (χ3v) is 16.7. The van der Waals surface area contributed by atoms with E-state index in [0.717, 1.165) is 20.8 Å². The zero-order valence-electron chi connectivity index (χ0n) is 73.3. The Morgan fingerprint density at radius 1 is 0.350 bits per heavy atom. The molecule has 4 nitrogen and oxygen atoms in total. The maximum atomic E-state index is 11.3. The molecule has 0 radical (unpaired) electrons. The Morgan fingerprint density at radius 2 is 0.863 bits per heavy atom. The van der Waals surface area contributed by atoms with E-state index in [0.29, 0.717) is 0 Å². The molecule has 3 aromatic heterocycles. The second-order valence-corrected chi connectivity index (χ2v) is 27.6. The molecule has 0 saturated heterocycles. The van der Waals surface area contributed by atoms with Crippen LogP contribution in [-0.2, 0) is 27.1 Å². The van der Waals surface area contributed by atoms with Crippen LogP contribution in [0.15, 0.2) is 157 Å². The molecule has 15 rings (SSSR count). The predicted molar refractivity (Wildman–Crippen MR) is 349 cm³/mol. The van der Waals surface area contributed by atoms with Crippen LogP contribution in [0.3, 0.4) is 0 Å². The number of hydrogen-bond donors (Lipinski definition) is 0. The van der Waals surface area contributed by atoms with Gasteiger partial charge in [0.2, 0.25) is 0 Å². The van der Waals surface area contributed by atoms with Gasteiger partial charge in [0, 0.05) is 70.2 Å². The molecule has 6 heterocycles. The number of fused-ring (bicyclic) bond motifs is 15. The van der Waals surface area contributed by atoms with E-state index in [1.165, 1.54) is 9.47 Å². The zero-order valence-corrected chi connectivity index (χ0v) is 48.1. The van der Waals surface area contributed by atoms with Gasteiger partial charge in [-0.3, -0.25) is 0 Å². The molecule has 6 heteroatoms. The molecule has 0 bridgehead atoms. The van der Waals surface area contributed by atoms with Gasteiger partial charge in [0.05, 0.1) is 74.8 Å². The minimum atomic E-state index is -1.89. The number of rotatable bonds is 2. The number of anilines is 6. The quantitative estimate of drug-likeness (QED) is 0.160. The van der Waals surface area contributed by atoms with Crippen molar-refractivity contribution in [3.8, 4) is 11.4 Å². The minimum Gasteiger partial charge on any atom is -0.311 e. The molecule has 3 aliphatic heterocycles. The normalized spacial score (nSPS) is 18.9. The number of thiophene rings is 1. The molecule has 0 spiro atoms. The van der Waals surface area contributed by atoms with Crippen LogP contribution in [0.5, 0.6) is 0 Å². The van der Waals surface area contributed by atoms with Crippen LogP contribution < -0.4 is 26.2 Å². The smallest absolute Gasteiger partial charge is 0.252 e. The van der Waals surface area contributed by atoms with Gasteiger partial charge in [0.15, 0.2) is 0 Å². The van der Waals surface area contributed by atoms with Crippen molar-refractivity contribution in [1.29, 1.82) is 0 Å². The number of nitrogens with zero attached hydrogens (tertiary/aromatic N) is 4. The number of hydrogen-bond acceptors (Lipinski definition) is 3. The highest BCUT2D eigenvalue weighted by molar-refractivity contribution is 7.25. The van der Waals surface area contributed by atoms with Crippen LogP contribution in [0.2, 0.25) is 0 Å². The Labute approximate surface area is 512 Å². The number of para-hydroxylation sites is 1. The molecular weight excluding hydrogens is 988 g/mol. The molecular formula is C74H71BN4S. The van der Waals surface area contributed by atoms with Crippen molar-refractivity contribution in [2.75, 3.05) is 9.80 Å². The predicted octanol–water partition coefficient (Wildman–Crippen LogP) is 19.1. The maximum absolute atomic E-state index is 11.3. The fraction of sp³-hybridized carbons (Fsp3) is 0.270. The van der Waals surface area contributed by atoms with E-state index >= 15 is 0 Å². The first-order valence-electron chi connectivity index (χ1n) is 40.0. The minimum absolute atomic E-state index is 0.00501. The number of benzene rings is 9. The Morgan fingerprint density at radius 3 is 1.48 bits per heavy atom. The fourth-order valence-corrected chi connectivity index (χ4v) is 12.3. The summed E-state index contributed by atoms with van der Waals surface area (Å²) in [6.07, 6.45) is 0. The molecule has 80 heavy (non-hydrogen) atoms. The van der Waals surface area contributed by atoms with Crippen LogP contribution in [0, 0.1) is 0 Å². The first-order chi connectivity index (χ1) is 48.8. The van der Waals surface area contributed by atoms with E-state index in [-0.39, 0.29) is 162 Å². The van der Waals surface area contributed by atoms with Gasteiger partial charge in [-0.15, -0.1) is 11.3 Å². The highest BCUT2D eigenvalue weighted by atomic mass is 32.1. The van der Waals surface area contributed by atoms with Crippen molar-refractivity contribution in [3.63, 3.8) is 0 Å². The first-order valence-corrected chi connectivity index (χ1v) is 27.8. The largest absolute Gasteiger partial charge is 0.311 e. The van der Waals surface area contributed by atoms with E-state index in [2.05, 4.69) is 0 Å². The van der Waals surface area contributed by atoms with E-state index in [1.807, 2.05) is 0 Å². The SMILES string of the molecule is [2H]c1c([2H])c2c3c(c1[2H])-n1c4c([2H])c([2H])c(C(C)(C)C)c([2H])c4c4c([2H])c(C(C)(C)C)c([2H])c(c41)N3c1c([2H])c(C(C)(C)C)c([2H])c3c1B2c1c([2H])c([2H])c(-n2c4c([2H])c([2H])c(C(C)(C)C)c([2H])c4c4c([2H])c(C(C)(C)C)c([2H])c([2H])c42)c([2H])c1N3c1c([2H])c([2H])c2sc3c([2H])c([2H])c([2H])c([2H])c3c2c1[2H]. The molecule has 0 atom stereocenters. The molecule has 0 N–H and O–H groups in total. The van der Waals surface area contributed by atoms with E-state index in [4.69, 9.17) is 4.11 Å². The number of aromatic nitrogens is 2. The van der Waals surface area contributed by atoms with Gasteiger partial charge >= 0.3 is 0 Å². The molecule has 396 valence electrons. The Balaban J connectivity index is 1.26. The van der Waals surface area contributed by atoms with Crippen LogP contribution in [0.25, 0.3) is 75.2 Å². The van der Waals surface area contributed by atoms with Crippen molar-refractivity contribution in [1.82, 2.24) is 9.13 Å². The second kappa shape index (κ2) is 16.1.